The Morgan fingerprint density at radius 2 is 1.56 bits per heavy atom. The topological polar surface area (TPSA) is 26.3 Å². The minimum absolute atomic E-state index is 0.104. The van der Waals surface area contributed by atoms with E-state index < -0.39 is 39.9 Å². The molecule has 1 aromatic carbocycles. The molecule has 0 N–H and O–H groups in total. The molecule has 0 saturated heterocycles. The van der Waals surface area contributed by atoms with Crippen LogP contribution in [0, 0.1) is 23.3 Å². The Labute approximate surface area is 150 Å². The number of ether oxygens (including phenoxy) is 1. The van der Waals surface area contributed by atoms with E-state index in [1.165, 1.54) is 0 Å². The molecule has 1 rings (SSSR count). The van der Waals surface area contributed by atoms with Crippen LogP contribution in [0.3, 0.4) is 0 Å². The number of thioether (sulfide) groups is 1. The first-order valence-electron chi connectivity index (χ1n) is 8.56. The van der Waals surface area contributed by atoms with E-state index in [4.69, 9.17) is 0 Å². The molecule has 25 heavy (non-hydrogen) atoms. The van der Waals surface area contributed by atoms with E-state index >= 15 is 0 Å². The molecule has 0 fully saturated rings. The molecule has 2 nitrogen and oxygen atoms in total. The van der Waals surface area contributed by atoms with Gasteiger partial charge in [-0.05, 0) is 12.8 Å². The Balaban J connectivity index is 2.93. The maximum Gasteiger partial charge on any atom is 0.311 e. The molecular formula is C18H24F4O2S. The number of carbonyl (C=O) groups is 1. The number of benzene rings is 1. The summed E-state index contributed by atoms with van der Waals surface area (Å²) in [6.07, 6.45) is 4.98. The minimum atomic E-state index is -1.68. The molecule has 0 heterocycles. The normalized spacial score (nSPS) is 12.3. The summed E-state index contributed by atoms with van der Waals surface area (Å²) in [6.45, 7) is 5.49. The number of carbonyl (C=O) groups excluding carboxylic acids is 1. The second kappa shape index (κ2) is 10.7. The number of halogens is 4. The first kappa shape index (κ1) is 21.8. The van der Waals surface area contributed by atoms with Crippen molar-refractivity contribution in [2.75, 3.05) is 0 Å². The largest absolute Gasteiger partial charge is 0.420 e. The molecule has 7 heteroatoms. The van der Waals surface area contributed by atoms with Crippen molar-refractivity contribution in [1.82, 2.24) is 0 Å². The van der Waals surface area contributed by atoms with Crippen molar-refractivity contribution < 1.29 is 27.1 Å². The van der Waals surface area contributed by atoms with Crippen LogP contribution in [0.2, 0.25) is 0 Å². The van der Waals surface area contributed by atoms with Crippen LogP contribution in [0.25, 0.3) is 0 Å². The van der Waals surface area contributed by atoms with E-state index in [0.29, 0.717) is 12.8 Å². The second-order valence-corrected chi connectivity index (χ2v) is 7.36. The average Bonchev–Trinajstić information content (AvgIpc) is 2.58. The maximum atomic E-state index is 14.1. The summed E-state index contributed by atoms with van der Waals surface area (Å²) in [5, 5.41) is -0.201. The highest BCUT2D eigenvalue weighted by Crippen LogP contribution is 2.38. The lowest BCUT2D eigenvalue weighted by molar-refractivity contribution is -0.134. The first-order valence-corrected chi connectivity index (χ1v) is 9.44. The Morgan fingerprint density at radius 3 is 2.08 bits per heavy atom. The van der Waals surface area contributed by atoms with E-state index in [1.54, 1.807) is 13.8 Å². The summed E-state index contributed by atoms with van der Waals surface area (Å²) in [4.78, 5) is 10.7. The number of unbranched alkanes of at least 4 members (excludes halogenated alkanes) is 3. The maximum absolute atomic E-state index is 14.1. The van der Waals surface area contributed by atoms with Gasteiger partial charge in [-0.1, -0.05) is 46.5 Å². The molecule has 0 saturated carbocycles. The third kappa shape index (κ3) is 6.20. The molecule has 0 radical (unpaired) electrons. The summed E-state index contributed by atoms with van der Waals surface area (Å²) in [5.74, 6) is -8.66. The molecule has 142 valence electrons. The van der Waals surface area contributed by atoms with Crippen LogP contribution in [0.1, 0.15) is 65.7 Å². The first-order chi connectivity index (χ1) is 11.8. The van der Waals surface area contributed by atoms with Crippen LogP contribution in [0.5, 0.6) is 5.75 Å². The second-order valence-electron chi connectivity index (χ2n) is 5.92. The monoisotopic (exact) mass is 380 g/mol. The van der Waals surface area contributed by atoms with E-state index in [0.717, 1.165) is 37.4 Å². The third-order valence-electron chi connectivity index (χ3n) is 3.64. The zero-order chi connectivity index (χ0) is 19.0. The van der Waals surface area contributed by atoms with Gasteiger partial charge in [0, 0.05) is 11.7 Å². The molecule has 0 aliphatic heterocycles. The van der Waals surface area contributed by atoms with E-state index in [1.807, 2.05) is 0 Å². The van der Waals surface area contributed by atoms with Crippen LogP contribution < -0.4 is 4.74 Å². The summed E-state index contributed by atoms with van der Waals surface area (Å²) in [7, 11) is 0. The van der Waals surface area contributed by atoms with Crippen LogP contribution in [0.15, 0.2) is 4.90 Å². The highest BCUT2D eigenvalue weighted by atomic mass is 32.2. The number of hydrogen-bond donors (Lipinski definition) is 0. The van der Waals surface area contributed by atoms with Crippen molar-refractivity contribution in [3.63, 3.8) is 0 Å². The Kier molecular flexibility index (Phi) is 9.32. The lowest BCUT2D eigenvalue weighted by Crippen LogP contribution is -2.13. The van der Waals surface area contributed by atoms with Crippen molar-refractivity contribution in [1.29, 1.82) is 0 Å². The fourth-order valence-corrected chi connectivity index (χ4v) is 3.35. The van der Waals surface area contributed by atoms with Crippen molar-refractivity contribution in [2.24, 2.45) is 0 Å². The number of rotatable bonds is 10. The van der Waals surface area contributed by atoms with E-state index in [9.17, 15) is 22.4 Å². The smallest absolute Gasteiger partial charge is 0.311 e. The summed E-state index contributed by atoms with van der Waals surface area (Å²) >= 11 is 0.751. The predicted molar refractivity (Wildman–Crippen MR) is 90.9 cm³/mol. The molecule has 1 unspecified atom stereocenters. The average molecular weight is 380 g/mol. The van der Waals surface area contributed by atoms with Crippen LogP contribution in [0.4, 0.5) is 17.6 Å². The molecule has 1 aromatic rings. The van der Waals surface area contributed by atoms with Crippen molar-refractivity contribution in [2.45, 2.75) is 75.9 Å². The Hall–Kier alpha value is -1.24. The van der Waals surface area contributed by atoms with Gasteiger partial charge < -0.3 is 4.74 Å². The van der Waals surface area contributed by atoms with Gasteiger partial charge in [0.25, 0.3) is 0 Å². The van der Waals surface area contributed by atoms with Gasteiger partial charge in [0.1, 0.15) is 0 Å². The molecule has 0 aliphatic rings. The van der Waals surface area contributed by atoms with Gasteiger partial charge in [0.2, 0.25) is 17.4 Å². The zero-order valence-electron chi connectivity index (χ0n) is 14.8. The van der Waals surface area contributed by atoms with E-state index in [-0.39, 0.29) is 11.7 Å². The quantitative estimate of drug-likeness (QED) is 0.117. The molecule has 1 atom stereocenters. The van der Waals surface area contributed by atoms with Crippen molar-refractivity contribution in [3.8, 4) is 5.75 Å². The summed E-state index contributed by atoms with van der Waals surface area (Å²) < 4.78 is 60.8. The molecule has 0 bridgehead atoms. The lowest BCUT2D eigenvalue weighted by atomic mass is 10.1. The molecular weight excluding hydrogens is 356 g/mol. The van der Waals surface area contributed by atoms with Gasteiger partial charge in [0.05, 0.1) is 4.90 Å². The summed E-state index contributed by atoms with van der Waals surface area (Å²) in [6, 6.07) is 0. The molecule has 0 aromatic heterocycles. The van der Waals surface area contributed by atoms with Gasteiger partial charge in [-0.15, -0.1) is 11.8 Å². The van der Waals surface area contributed by atoms with Crippen LogP contribution in [-0.4, -0.2) is 11.2 Å². The standard InChI is InChI=1S/C18H24F4O2S/c1-4-6-7-8-10-11(3)25-18-15(21)13(19)17(14(20)16(18)22)24-12(23)9-5-2/h11H,4-10H2,1-3H3. The minimum Gasteiger partial charge on any atom is -0.420 e. The van der Waals surface area contributed by atoms with Crippen LogP contribution >= 0.6 is 11.8 Å². The molecule has 0 aliphatic carbocycles. The van der Waals surface area contributed by atoms with Gasteiger partial charge >= 0.3 is 5.97 Å². The third-order valence-corrected chi connectivity index (χ3v) is 4.87. The van der Waals surface area contributed by atoms with Crippen molar-refractivity contribution >= 4 is 17.7 Å². The number of hydrogen-bond acceptors (Lipinski definition) is 3. The number of esters is 1. The highest BCUT2D eigenvalue weighted by molar-refractivity contribution is 8.00. The Morgan fingerprint density at radius 1 is 0.960 bits per heavy atom. The van der Waals surface area contributed by atoms with Gasteiger partial charge in [-0.25, -0.2) is 8.78 Å². The fraction of sp³-hybridized carbons (Fsp3) is 0.611. The van der Waals surface area contributed by atoms with Crippen LogP contribution in [-0.2, 0) is 4.79 Å². The SMILES string of the molecule is CCCCCCC(C)Sc1c(F)c(F)c(OC(=O)CCC)c(F)c1F. The van der Waals surface area contributed by atoms with Gasteiger partial charge in [0.15, 0.2) is 11.6 Å². The molecule has 0 amide bonds. The van der Waals surface area contributed by atoms with Gasteiger partial charge in [-0.3, -0.25) is 4.79 Å². The zero-order valence-corrected chi connectivity index (χ0v) is 15.6. The lowest BCUT2D eigenvalue weighted by Gasteiger charge is -2.15. The van der Waals surface area contributed by atoms with E-state index in [2.05, 4.69) is 11.7 Å². The van der Waals surface area contributed by atoms with Gasteiger partial charge in [-0.2, -0.15) is 8.78 Å². The summed E-state index contributed by atoms with van der Waals surface area (Å²) in [5.41, 5.74) is 0. The predicted octanol–water partition coefficient (Wildman–Crippen LogP) is 6.40. The Bertz CT molecular complexity index is 564. The fourth-order valence-electron chi connectivity index (χ4n) is 2.27. The highest BCUT2D eigenvalue weighted by Gasteiger charge is 2.29. The molecule has 0 spiro atoms. The van der Waals surface area contributed by atoms with Crippen molar-refractivity contribution in [3.05, 3.63) is 23.3 Å².